The molecule has 3 aromatic rings. The van der Waals surface area contributed by atoms with E-state index in [0.29, 0.717) is 37.6 Å². The monoisotopic (exact) mass is 498 g/mol. The minimum Gasteiger partial charge on any atom is -0.339 e. The molecule has 2 fully saturated rings. The van der Waals surface area contributed by atoms with Crippen molar-refractivity contribution in [1.29, 1.82) is 0 Å². The first-order valence-corrected chi connectivity index (χ1v) is 14.1. The van der Waals surface area contributed by atoms with Crippen molar-refractivity contribution in [3.05, 3.63) is 64.9 Å². The summed E-state index contributed by atoms with van der Waals surface area (Å²) in [6, 6.07) is 15.2. The number of hydrogen-bond donors (Lipinski definition) is 0. The first kappa shape index (κ1) is 23.4. The minimum absolute atomic E-state index is 0.140. The number of nitrogens with zero attached hydrogens (tertiary/aromatic N) is 4. The zero-order valence-corrected chi connectivity index (χ0v) is 20.8. The second-order valence-electron chi connectivity index (χ2n) is 8.98. The van der Waals surface area contributed by atoms with Crippen molar-refractivity contribution in [3.8, 4) is 0 Å². The van der Waals surface area contributed by atoms with Crippen LogP contribution < -0.4 is 0 Å². The van der Waals surface area contributed by atoms with Crippen LogP contribution in [-0.4, -0.2) is 92.2 Å². The van der Waals surface area contributed by atoms with E-state index in [0.717, 1.165) is 43.5 Å². The zero-order chi connectivity index (χ0) is 23.5. The molecular formula is C25H30N4O3S2. The Morgan fingerprint density at radius 1 is 0.824 bits per heavy atom. The summed E-state index contributed by atoms with van der Waals surface area (Å²) in [5, 5.41) is 6.22. The summed E-state index contributed by atoms with van der Waals surface area (Å²) in [7, 11) is -3.55. The number of amides is 1. The second kappa shape index (κ2) is 10.1. The summed E-state index contributed by atoms with van der Waals surface area (Å²) in [6.45, 7) is 6.51. The molecule has 0 atom stereocenters. The van der Waals surface area contributed by atoms with E-state index >= 15 is 0 Å². The number of hydrogen-bond acceptors (Lipinski definition) is 6. The summed E-state index contributed by atoms with van der Waals surface area (Å²) in [5.41, 5.74) is 1.33. The van der Waals surface area contributed by atoms with Gasteiger partial charge in [-0.15, -0.1) is 0 Å². The Hall–Kier alpha value is -2.30. The molecule has 9 heteroatoms. The maximum Gasteiger partial charge on any atom is 0.243 e. The summed E-state index contributed by atoms with van der Waals surface area (Å²) < 4.78 is 27.9. The third-order valence-corrected chi connectivity index (χ3v) is 9.39. The van der Waals surface area contributed by atoms with Crippen LogP contribution in [0.5, 0.6) is 0 Å². The Morgan fingerprint density at radius 3 is 2.24 bits per heavy atom. The van der Waals surface area contributed by atoms with E-state index in [2.05, 4.69) is 26.6 Å². The first-order chi connectivity index (χ1) is 16.5. The molecule has 2 aromatic carbocycles. The van der Waals surface area contributed by atoms with Gasteiger partial charge in [-0.25, -0.2) is 8.42 Å². The molecule has 0 aliphatic carbocycles. The van der Waals surface area contributed by atoms with Gasteiger partial charge >= 0.3 is 0 Å². The number of carbonyl (C=O) groups excluding carboxylic acids is 1. The van der Waals surface area contributed by atoms with E-state index in [-0.39, 0.29) is 5.91 Å². The molecule has 5 rings (SSSR count). The fourth-order valence-electron chi connectivity index (χ4n) is 4.69. The predicted molar refractivity (Wildman–Crippen MR) is 135 cm³/mol. The molecule has 0 bridgehead atoms. The normalized spacial score (nSPS) is 19.0. The topological polar surface area (TPSA) is 64.2 Å². The highest BCUT2D eigenvalue weighted by atomic mass is 32.2. The van der Waals surface area contributed by atoms with Crippen molar-refractivity contribution >= 4 is 38.0 Å². The average Bonchev–Trinajstić information content (AvgIpc) is 3.37. The van der Waals surface area contributed by atoms with E-state index < -0.39 is 10.0 Å². The van der Waals surface area contributed by atoms with Gasteiger partial charge in [-0.2, -0.15) is 15.6 Å². The number of sulfonamides is 1. The highest BCUT2D eigenvalue weighted by molar-refractivity contribution is 7.89. The van der Waals surface area contributed by atoms with E-state index in [1.807, 2.05) is 35.2 Å². The molecule has 1 amide bonds. The Balaban J connectivity index is 1.11. The van der Waals surface area contributed by atoms with Crippen LogP contribution in [0, 0.1) is 0 Å². The second-order valence-corrected chi connectivity index (χ2v) is 11.7. The average molecular weight is 499 g/mol. The lowest BCUT2D eigenvalue weighted by Gasteiger charge is -2.37. The molecule has 3 heterocycles. The summed E-state index contributed by atoms with van der Waals surface area (Å²) in [4.78, 5) is 19.6. The molecular weight excluding hydrogens is 468 g/mol. The minimum atomic E-state index is -3.55. The van der Waals surface area contributed by atoms with Crippen molar-refractivity contribution in [2.45, 2.75) is 11.4 Å². The summed E-state index contributed by atoms with van der Waals surface area (Å²) in [5.74, 6) is 0.140. The number of thiophene rings is 1. The van der Waals surface area contributed by atoms with E-state index in [1.54, 1.807) is 27.8 Å². The fourth-order valence-corrected chi connectivity index (χ4v) is 6.81. The lowest BCUT2D eigenvalue weighted by atomic mass is 10.1. The predicted octanol–water partition coefficient (Wildman–Crippen LogP) is 2.55. The highest BCUT2D eigenvalue weighted by Crippen LogP contribution is 2.23. The molecule has 0 N–H and O–H groups in total. The van der Waals surface area contributed by atoms with Crippen LogP contribution in [0.3, 0.4) is 0 Å². The SMILES string of the molecule is O=C(CN1CCN(S(=O)(=O)c2ccc3ccccc3c2)CC1)N1CCN(Cc2ccsc2)CC1. The Labute approximate surface area is 205 Å². The highest BCUT2D eigenvalue weighted by Gasteiger charge is 2.30. The third-order valence-electron chi connectivity index (χ3n) is 6.76. The van der Waals surface area contributed by atoms with Gasteiger partial charge in [0.1, 0.15) is 0 Å². The number of piperazine rings is 2. The van der Waals surface area contributed by atoms with Crippen LogP contribution in [0.4, 0.5) is 0 Å². The molecule has 0 spiro atoms. The third kappa shape index (κ3) is 5.18. The van der Waals surface area contributed by atoms with Gasteiger partial charge in [0.05, 0.1) is 11.4 Å². The molecule has 1 aromatic heterocycles. The van der Waals surface area contributed by atoms with E-state index in [9.17, 15) is 13.2 Å². The van der Waals surface area contributed by atoms with Crippen molar-refractivity contribution < 1.29 is 13.2 Å². The van der Waals surface area contributed by atoms with Crippen LogP contribution >= 0.6 is 11.3 Å². The quantitative estimate of drug-likeness (QED) is 0.523. The summed E-state index contributed by atoms with van der Waals surface area (Å²) >= 11 is 1.72. The largest absolute Gasteiger partial charge is 0.339 e. The van der Waals surface area contributed by atoms with Gasteiger partial charge in [0.25, 0.3) is 0 Å². The Kier molecular flexibility index (Phi) is 6.99. The standard InChI is InChI=1S/C25H30N4O3S2/c30-25(28-12-8-26(9-13-28)18-21-7-16-33-20-21)19-27-10-14-29(15-11-27)34(31,32)24-6-5-22-3-1-2-4-23(22)17-24/h1-7,16-17,20H,8-15,18-19H2. The van der Waals surface area contributed by atoms with Crippen LogP contribution in [0.1, 0.15) is 5.56 Å². The Bertz CT molecular complexity index is 1230. The van der Waals surface area contributed by atoms with Gasteiger partial charge in [-0.1, -0.05) is 30.3 Å². The van der Waals surface area contributed by atoms with E-state index in [1.165, 1.54) is 5.56 Å². The summed E-state index contributed by atoms with van der Waals surface area (Å²) in [6.07, 6.45) is 0. The lowest BCUT2D eigenvalue weighted by Crippen LogP contribution is -2.54. The molecule has 0 unspecified atom stereocenters. The van der Waals surface area contributed by atoms with Crippen LogP contribution in [0.2, 0.25) is 0 Å². The van der Waals surface area contributed by atoms with Crippen molar-refractivity contribution in [3.63, 3.8) is 0 Å². The van der Waals surface area contributed by atoms with Gasteiger partial charge in [-0.05, 0) is 45.3 Å². The fraction of sp³-hybridized carbons (Fsp3) is 0.400. The van der Waals surface area contributed by atoms with Crippen molar-refractivity contribution in [2.24, 2.45) is 0 Å². The molecule has 34 heavy (non-hydrogen) atoms. The van der Waals surface area contributed by atoms with Crippen LogP contribution in [0.25, 0.3) is 10.8 Å². The number of benzene rings is 2. The van der Waals surface area contributed by atoms with Gasteiger partial charge in [0.2, 0.25) is 15.9 Å². The van der Waals surface area contributed by atoms with Crippen molar-refractivity contribution in [2.75, 3.05) is 58.9 Å². The molecule has 7 nitrogen and oxygen atoms in total. The van der Waals surface area contributed by atoms with Gasteiger partial charge < -0.3 is 4.90 Å². The number of carbonyl (C=O) groups is 1. The number of rotatable bonds is 6. The van der Waals surface area contributed by atoms with Crippen LogP contribution in [0.15, 0.2) is 64.2 Å². The molecule has 2 saturated heterocycles. The van der Waals surface area contributed by atoms with Gasteiger partial charge in [0, 0.05) is 58.9 Å². The molecule has 2 aliphatic rings. The zero-order valence-electron chi connectivity index (χ0n) is 19.2. The number of fused-ring (bicyclic) bond motifs is 1. The maximum absolute atomic E-state index is 13.2. The molecule has 0 radical (unpaired) electrons. The lowest BCUT2D eigenvalue weighted by molar-refractivity contribution is -0.134. The Morgan fingerprint density at radius 2 is 1.53 bits per heavy atom. The van der Waals surface area contributed by atoms with Crippen molar-refractivity contribution in [1.82, 2.24) is 19.0 Å². The molecule has 0 saturated carbocycles. The first-order valence-electron chi connectivity index (χ1n) is 11.7. The molecule has 2 aliphatic heterocycles. The molecule has 180 valence electrons. The van der Waals surface area contributed by atoms with Gasteiger partial charge in [-0.3, -0.25) is 14.6 Å². The van der Waals surface area contributed by atoms with E-state index in [4.69, 9.17) is 0 Å². The van der Waals surface area contributed by atoms with Crippen LogP contribution in [-0.2, 0) is 21.4 Å². The maximum atomic E-state index is 13.2. The smallest absolute Gasteiger partial charge is 0.243 e. The van der Waals surface area contributed by atoms with Gasteiger partial charge in [0.15, 0.2) is 0 Å².